The Bertz CT molecular complexity index is 3160. The first-order valence-electron chi connectivity index (χ1n) is 20.1. The molecule has 1 unspecified atom stereocenters. The van der Waals surface area contributed by atoms with E-state index in [4.69, 9.17) is 14.4 Å². The van der Waals surface area contributed by atoms with E-state index < -0.39 is 0 Å². The van der Waals surface area contributed by atoms with Gasteiger partial charge in [-0.25, -0.2) is 9.98 Å². The fourth-order valence-corrected chi connectivity index (χ4v) is 10.6. The normalized spacial score (nSPS) is 16.5. The molecular formula is C51H38N4OS. The number of fused-ring (bicyclic) bond motifs is 9. The maximum atomic E-state index is 6.72. The minimum atomic E-state index is -0.353. The standard InChI is InChI=1S/C51H38N4OS/c1-3-12-31(13-4-1)49-52-50(32-14-5-2-6-15-32)54-51(53-49)39-18-11-20-44-48(39)38-25-24-35(30-45(38)56-44)55-42-19-9-7-16-36(42)40-28-33(22-26-43(40)55)34-23-27-47-41(29-34)37-17-8-10-21-46(37)57-47/h1-6,8,11-15,17-18,20,22-30,51H,7,9-10,16,19,21H2,(H,52,53,54). The maximum Gasteiger partial charge on any atom is 0.159 e. The predicted octanol–water partition coefficient (Wildman–Crippen LogP) is 12.7. The van der Waals surface area contributed by atoms with Gasteiger partial charge in [0, 0.05) is 65.3 Å². The van der Waals surface area contributed by atoms with Crippen molar-refractivity contribution < 1.29 is 4.42 Å². The second-order valence-corrected chi connectivity index (χ2v) is 16.6. The van der Waals surface area contributed by atoms with Gasteiger partial charge in [0.15, 0.2) is 5.84 Å². The highest BCUT2D eigenvalue weighted by Gasteiger charge is 2.26. The average molecular weight is 755 g/mol. The number of aryl methyl sites for hydroxylation is 2. The molecule has 5 nitrogen and oxygen atoms in total. The first-order valence-corrected chi connectivity index (χ1v) is 20.9. The number of nitrogens with one attached hydrogen (secondary N) is 1. The molecule has 3 aromatic heterocycles. The van der Waals surface area contributed by atoms with Gasteiger partial charge in [0.05, 0.1) is 5.52 Å². The quantitative estimate of drug-likeness (QED) is 0.190. The first-order chi connectivity index (χ1) is 28.2. The summed E-state index contributed by atoms with van der Waals surface area (Å²) in [5.74, 6) is 1.51. The molecule has 0 spiro atoms. The Morgan fingerprint density at radius 3 is 2.35 bits per heavy atom. The second kappa shape index (κ2) is 13.0. The van der Waals surface area contributed by atoms with Gasteiger partial charge in [-0.2, -0.15) is 0 Å². The summed E-state index contributed by atoms with van der Waals surface area (Å²) >= 11 is 1.96. The van der Waals surface area contributed by atoms with E-state index >= 15 is 0 Å². The number of nitrogens with zero attached hydrogens (tertiary/aromatic N) is 3. The minimum absolute atomic E-state index is 0.353. The van der Waals surface area contributed by atoms with E-state index in [2.05, 4.69) is 119 Å². The Kier molecular flexibility index (Phi) is 7.48. The van der Waals surface area contributed by atoms with Crippen LogP contribution in [-0.4, -0.2) is 16.2 Å². The molecule has 0 saturated carbocycles. The zero-order valence-corrected chi connectivity index (χ0v) is 32.2. The fourth-order valence-electron chi connectivity index (χ4n) is 9.43. The van der Waals surface area contributed by atoms with Crippen molar-refractivity contribution in [3.05, 3.63) is 178 Å². The van der Waals surface area contributed by atoms with Gasteiger partial charge in [0.25, 0.3) is 0 Å². The largest absolute Gasteiger partial charge is 0.456 e. The van der Waals surface area contributed by atoms with Crippen molar-refractivity contribution in [2.75, 3.05) is 0 Å². The number of benzene rings is 6. The van der Waals surface area contributed by atoms with E-state index in [1.54, 1.807) is 0 Å². The van der Waals surface area contributed by atoms with Crippen molar-refractivity contribution in [3.63, 3.8) is 0 Å². The summed E-state index contributed by atoms with van der Waals surface area (Å²) in [6.45, 7) is 0. The zero-order valence-electron chi connectivity index (χ0n) is 31.3. The van der Waals surface area contributed by atoms with Crippen LogP contribution in [0.1, 0.15) is 63.8 Å². The summed E-state index contributed by atoms with van der Waals surface area (Å²) in [5.41, 5.74) is 14.1. The fraction of sp³-hybridized carbons (Fsp3) is 0.137. The third-order valence-corrected chi connectivity index (χ3v) is 13.4. The molecule has 57 heavy (non-hydrogen) atoms. The molecule has 4 heterocycles. The summed E-state index contributed by atoms with van der Waals surface area (Å²) in [6.07, 6.45) is 11.2. The Balaban J connectivity index is 0.964. The molecule has 1 atom stereocenters. The molecule has 3 aliphatic rings. The number of furan rings is 1. The van der Waals surface area contributed by atoms with Crippen molar-refractivity contribution in [3.8, 4) is 16.8 Å². The molecule has 0 saturated heterocycles. The van der Waals surface area contributed by atoms with E-state index in [9.17, 15) is 0 Å². The van der Waals surface area contributed by atoms with Gasteiger partial charge in [-0.15, -0.1) is 11.3 Å². The molecule has 0 fully saturated rings. The van der Waals surface area contributed by atoms with Crippen molar-refractivity contribution in [1.82, 2.24) is 9.88 Å². The van der Waals surface area contributed by atoms with E-state index in [1.807, 2.05) is 47.7 Å². The van der Waals surface area contributed by atoms with Gasteiger partial charge in [0.1, 0.15) is 23.2 Å². The lowest BCUT2D eigenvalue weighted by Gasteiger charge is -2.24. The van der Waals surface area contributed by atoms with Gasteiger partial charge in [0.2, 0.25) is 0 Å². The van der Waals surface area contributed by atoms with Crippen molar-refractivity contribution >= 4 is 72.0 Å². The number of aromatic nitrogens is 1. The number of amidine groups is 2. The van der Waals surface area contributed by atoms with Crippen LogP contribution < -0.4 is 5.32 Å². The van der Waals surface area contributed by atoms with Crippen LogP contribution in [-0.2, 0) is 19.3 Å². The monoisotopic (exact) mass is 754 g/mol. The van der Waals surface area contributed by atoms with Gasteiger partial charge in [-0.3, -0.25) is 0 Å². The molecular weight excluding hydrogens is 717 g/mol. The zero-order chi connectivity index (χ0) is 37.5. The number of hydrogen-bond donors (Lipinski definition) is 1. The summed E-state index contributed by atoms with van der Waals surface area (Å²) in [7, 11) is 0. The Morgan fingerprint density at radius 1 is 0.667 bits per heavy atom. The van der Waals surface area contributed by atoms with Gasteiger partial charge >= 0.3 is 0 Å². The lowest BCUT2D eigenvalue weighted by molar-refractivity contribution is 0.659. The number of aliphatic imine (C=N–C) groups is 2. The van der Waals surface area contributed by atoms with Gasteiger partial charge in [-0.05, 0) is 103 Å². The Morgan fingerprint density at radius 2 is 1.47 bits per heavy atom. The highest BCUT2D eigenvalue weighted by molar-refractivity contribution is 7.19. The SMILES string of the molecule is C1=Cc2c(sc3ccc(-c4ccc5c(c4)c4c(n5-c5ccc6c(c5)oc5cccc(C7N=C(c8ccccc8)N=C(c8ccccc8)N7)c56)CCCC4)cc23)CC1. The highest BCUT2D eigenvalue weighted by Crippen LogP contribution is 2.42. The van der Waals surface area contributed by atoms with E-state index in [1.165, 1.54) is 66.7 Å². The van der Waals surface area contributed by atoms with Crippen LogP contribution in [0.2, 0.25) is 0 Å². The summed E-state index contributed by atoms with van der Waals surface area (Å²) in [4.78, 5) is 11.7. The number of thiophene rings is 1. The van der Waals surface area contributed by atoms with Crippen molar-refractivity contribution in [2.24, 2.45) is 9.98 Å². The smallest absolute Gasteiger partial charge is 0.159 e. The van der Waals surface area contributed by atoms with Crippen LogP contribution >= 0.6 is 11.3 Å². The van der Waals surface area contributed by atoms with Gasteiger partial charge in [-0.1, -0.05) is 97.1 Å². The molecule has 2 aliphatic carbocycles. The highest BCUT2D eigenvalue weighted by atomic mass is 32.1. The second-order valence-electron chi connectivity index (χ2n) is 15.5. The van der Waals surface area contributed by atoms with Crippen LogP contribution in [0.3, 0.4) is 0 Å². The molecule has 6 heteroatoms. The summed E-state index contributed by atoms with van der Waals surface area (Å²) in [6, 6.07) is 47.8. The van der Waals surface area contributed by atoms with Crippen LogP contribution in [0.5, 0.6) is 0 Å². The van der Waals surface area contributed by atoms with Gasteiger partial charge < -0.3 is 14.3 Å². The molecule has 9 aromatic rings. The van der Waals surface area contributed by atoms with Crippen LogP contribution in [0.15, 0.2) is 154 Å². The minimum Gasteiger partial charge on any atom is -0.456 e. The average Bonchev–Trinajstić information content (AvgIpc) is 3.95. The third-order valence-electron chi connectivity index (χ3n) is 12.1. The molecule has 0 radical (unpaired) electrons. The molecule has 0 bridgehead atoms. The van der Waals surface area contributed by atoms with E-state index in [-0.39, 0.29) is 6.17 Å². The molecule has 1 aliphatic heterocycles. The lowest BCUT2D eigenvalue weighted by atomic mass is 9.94. The Labute approximate surface area is 334 Å². The van der Waals surface area contributed by atoms with Crippen LogP contribution in [0, 0.1) is 0 Å². The summed E-state index contributed by atoms with van der Waals surface area (Å²) < 4.78 is 10.6. The maximum absolute atomic E-state index is 6.72. The van der Waals surface area contributed by atoms with Crippen molar-refractivity contribution in [2.45, 2.75) is 44.7 Å². The summed E-state index contributed by atoms with van der Waals surface area (Å²) in [5, 5.41) is 8.58. The van der Waals surface area contributed by atoms with E-state index in [0.717, 1.165) is 75.8 Å². The van der Waals surface area contributed by atoms with Crippen LogP contribution in [0.4, 0.5) is 0 Å². The van der Waals surface area contributed by atoms with E-state index in [0.29, 0.717) is 5.84 Å². The molecule has 1 N–H and O–H groups in total. The number of rotatable bonds is 5. The lowest BCUT2D eigenvalue weighted by Crippen LogP contribution is -2.33. The number of hydrogen-bond acceptors (Lipinski definition) is 5. The molecule has 12 rings (SSSR count). The third kappa shape index (κ3) is 5.35. The van der Waals surface area contributed by atoms with Crippen molar-refractivity contribution in [1.29, 1.82) is 0 Å². The number of allylic oxidation sites excluding steroid dienone is 1. The first kappa shape index (κ1) is 32.7. The molecule has 274 valence electrons. The van der Waals surface area contributed by atoms with Crippen LogP contribution in [0.25, 0.3) is 65.8 Å². The molecule has 6 aromatic carbocycles. The molecule has 0 amide bonds. The predicted molar refractivity (Wildman–Crippen MR) is 237 cm³/mol. The topological polar surface area (TPSA) is 54.8 Å². The Hall–Kier alpha value is -6.50.